The monoisotopic (exact) mass is 319 g/mol. The highest BCUT2D eigenvalue weighted by Crippen LogP contribution is 2.22. The molecule has 0 aromatic heterocycles. The van der Waals surface area contributed by atoms with Crippen LogP contribution >= 0.6 is 0 Å². The molecule has 0 radical (unpaired) electrons. The van der Waals surface area contributed by atoms with Crippen LogP contribution in [0, 0.1) is 31.6 Å². The molecule has 1 aliphatic rings. The first-order chi connectivity index (χ1) is 11.0. The lowest BCUT2D eigenvalue weighted by Gasteiger charge is -2.37. The number of hydrogen-bond acceptors (Lipinski definition) is 6. The largest absolute Gasteiger partial charge is 0.336 e. The molecule has 11 heteroatoms. The molecule has 0 atom stereocenters. The SMILES string of the molecule is N#CCCN1CN(c2cccc([N+](=O)[O-])c2)CNC1=N[N+](=O)[O-]. The van der Waals surface area contributed by atoms with Gasteiger partial charge in [0.15, 0.2) is 5.03 Å². The van der Waals surface area contributed by atoms with Crippen LogP contribution in [0.25, 0.3) is 0 Å². The summed E-state index contributed by atoms with van der Waals surface area (Å²) in [5, 5.41) is 35.3. The molecule has 2 rings (SSSR count). The standard InChI is InChI=1S/C12H13N7O4/c13-5-2-6-16-9-17(8-14-12(16)15-19(22)23)10-3-1-4-11(7-10)18(20)21/h1,3-4,7H,2,6,8-9H2,(H,14,15). The number of hydrazone groups is 1. The smallest absolute Gasteiger partial charge is 0.274 e. The second-order valence-corrected chi connectivity index (χ2v) is 4.63. The Bertz CT molecular complexity index is 684. The van der Waals surface area contributed by atoms with E-state index in [2.05, 4.69) is 10.4 Å². The van der Waals surface area contributed by atoms with Gasteiger partial charge in [0.2, 0.25) is 0 Å². The number of anilines is 1. The van der Waals surface area contributed by atoms with Crippen LogP contribution in [0.15, 0.2) is 29.4 Å². The van der Waals surface area contributed by atoms with Gasteiger partial charge in [-0.3, -0.25) is 10.1 Å². The number of nitro benzene ring substituents is 1. The summed E-state index contributed by atoms with van der Waals surface area (Å²) in [6.07, 6.45) is 0.168. The summed E-state index contributed by atoms with van der Waals surface area (Å²) in [4.78, 5) is 24.2. The van der Waals surface area contributed by atoms with E-state index in [1.54, 1.807) is 17.0 Å². The fraction of sp³-hybridized carbons (Fsp3) is 0.333. The molecule has 1 N–H and O–H groups in total. The van der Waals surface area contributed by atoms with E-state index in [9.17, 15) is 20.2 Å². The van der Waals surface area contributed by atoms with E-state index in [0.717, 1.165) is 0 Å². The fourth-order valence-electron chi connectivity index (χ4n) is 2.11. The topological polar surface area (TPSA) is 141 Å². The van der Waals surface area contributed by atoms with Crippen LogP contribution in [-0.4, -0.2) is 40.7 Å². The van der Waals surface area contributed by atoms with Crippen molar-refractivity contribution in [3.8, 4) is 6.07 Å². The van der Waals surface area contributed by atoms with Gasteiger partial charge >= 0.3 is 0 Å². The molecule has 0 bridgehead atoms. The Kier molecular flexibility index (Phi) is 4.88. The Hall–Kier alpha value is -3.42. The number of rotatable bonds is 5. The third-order valence-electron chi connectivity index (χ3n) is 3.14. The van der Waals surface area contributed by atoms with E-state index in [1.807, 2.05) is 6.07 Å². The van der Waals surface area contributed by atoms with E-state index in [4.69, 9.17) is 5.26 Å². The predicted molar refractivity (Wildman–Crippen MR) is 79.8 cm³/mol. The molecule has 0 aliphatic carbocycles. The molecule has 11 nitrogen and oxygen atoms in total. The van der Waals surface area contributed by atoms with Crippen molar-refractivity contribution in [2.75, 3.05) is 24.8 Å². The number of guanidine groups is 1. The Morgan fingerprint density at radius 1 is 1.39 bits per heavy atom. The first kappa shape index (κ1) is 16.0. The number of benzene rings is 1. The molecule has 0 amide bonds. The summed E-state index contributed by atoms with van der Waals surface area (Å²) < 4.78 is 0. The van der Waals surface area contributed by atoms with E-state index < -0.39 is 9.96 Å². The third-order valence-corrected chi connectivity index (χ3v) is 3.14. The number of nitrogens with one attached hydrogen (secondary N) is 1. The van der Waals surface area contributed by atoms with Crippen LogP contribution in [0.2, 0.25) is 0 Å². The normalized spacial score (nSPS) is 15.9. The summed E-state index contributed by atoms with van der Waals surface area (Å²) in [5.74, 6) is 0.0620. The van der Waals surface area contributed by atoms with Gasteiger partial charge in [0.05, 0.1) is 30.8 Å². The Balaban J connectivity index is 2.20. The van der Waals surface area contributed by atoms with Gasteiger partial charge in [-0.25, -0.2) is 10.1 Å². The molecule has 1 aromatic carbocycles. The number of nitriles is 1. The van der Waals surface area contributed by atoms with E-state index in [0.29, 0.717) is 5.69 Å². The fourth-order valence-corrected chi connectivity index (χ4v) is 2.11. The third kappa shape index (κ3) is 4.03. The maximum Gasteiger partial charge on any atom is 0.274 e. The van der Waals surface area contributed by atoms with Gasteiger partial charge in [-0.2, -0.15) is 5.26 Å². The van der Waals surface area contributed by atoms with Crippen LogP contribution in [-0.2, 0) is 0 Å². The molecule has 120 valence electrons. The molecule has 1 saturated heterocycles. The molecule has 0 unspecified atom stereocenters. The van der Waals surface area contributed by atoms with Gasteiger partial charge in [-0.05, 0) is 6.07 Å². The molecule has 1 aromatic rings. The van der Waals surface area contributed by atoms with Gasteiger partial charge in [-0.15, -0.1) is 0 Å². The second-order valence-electron chi connectivity index (χ2n) is 4.63. The summed E-state index contributed by atoms with van der Waals surface area (Å²) in [7, 11) is 0. The Morgan fingerprint density at radius 2 is 2.17 bits per heavy atom. The molecular weight excluding hydrogens is 306 g/mol. The van der Waals surface area contributed by atoms with E-state index in [-0.39, 0.29) is 37.9 Å². The number of hydrogen-bond donors (Lipinski definition) is 1. The summed E-state index contributed by atoms with van der Waals surface area (Å²) in [6.45, 7) is 0.682. The molecule has 1 heterocycles. The van der Waals surface area contributed by atoms with Gasteiger partial charge < -0.3 is 15.1 Å². The highest BCUT2D eigenvalue weighted by molar-refractivity contribution is 5.81. The van der Waals surface area contributed by atoms with Crippen molar-refractivity contribution >= 4 is 17.3 Å². The minimum absolute atomic E-state index is 0.0455. The average molecular weight is 319 g/mol. The van der Waals surface area contributed by atoms with Gasteiger partial charge in [-0.1, -0.05) is 6.07 Å². The van der Waals surface area contributed by atoms with Gasteiger partial charge in [0, 0.05) is 24.4 Å². The molecule has 23 heavy (non-hydrogen) atoms. The van der Waals surface area contributed by atoms with Crippen molar-refractivity contribution in [2.45, 2.75) is 6.42 Å². The van der Waals surface area contributed by atoms with Crippen LogP contribution in [0.1, 0.15) is 6.42 Å². The summed E-state index contributed by atoms with van der Waals surface area (Å²) >= 11 is 0. The van der Waals surface area contributed by atoms with Crippen LogP contribution in [0.3, 0.4) is 0 Å². The minimum atomic E-state index is -0.815. The predicted octanol–water partition coefficient (Wildman–Crippen LogP) is 0.683. The van der Waals surface area contributed by atoms with Crippen molar-refractivity contribution in [3.63, 3.8) is 0 Å². The lowest BCUT2D eigenvalue weighted by molar-refractivity contribution is -0.486. The quantitative estimate of drug-likeness (QED) is 0.617. The first-order valence-corrected chi connectivity index (χ1v) is 6.59. The zero-order valence-electron chi connectivity index (χ0n) is 12.0. The van der Waals surface area contributed by atoms with E-state index >= 15 is 0 Å². The average Bonchev–Trinajstić information content (AvgIpc) is 2.53. The number of nitrogens with zero attached hydrogens (tertiary/aromatic N) is 6. The lowest BCUT2D eigenvalue weighted by atomic mass is 10.2. The molecule has 1 fully saturated rings. The first-order valence-electron chi connectivity index (χ1n) is 6.59. The zero-order valence-corrected chi connectivity index (χ0v) is 12.0. The maximum atomic E-state index is 10.8. The zero-order chi connectivity index (χ0) is 16.8. The highest BCUT2D eigenvalue weighted by atomic mass is 16.7. The van der Waals surface area contributed by atoms with Crippen molar-refractivity contribution in [1.29, 1.82) is 5.26 Å². The minimum Gasteiger partial charge on any atom is -0.336 e. The van der Waals surface area contributed by atoms with Crippen LogP contribution < -0.4 is 10.2 Å². The number of non-ortho nitro benzene ring substituents is 1. The van der Waals surface area contributed by atoms with Crippen molar-refractivity contribution in [1.82, 2.24) is 10.2 Å². The van der Waals surface area contributed by atoms with Gasteiger partial charge in [0.25, 0.3) is 11.6 Å². The Morgan fingerprint density at radius 3 is 2.83 bits per heavy atom. The molecule has 1 aliphatic heterocycles. The van der Waals surface area contributed by atoms with Crippen LogP contribution in [0.4, 0.5) is 11.4 Å². The van der Waals surface area contributed by atoms with E-state index in [1.165, 1.54) is 17.0 Å². The highest BCUT2D eigenvalue weighted by Gasteiger charge is 2.25. The second kappa shape index (κ2) is 7.03. The maximum absolute atomic E-state index is 10.8. The summed E-state index contributed by atoms with van der Waals surface area (Å²) in [5.41, 5.74) is 0.546. The van der Waals surface area contributed by atoms with Gasteiger partial charge in [0.1, 0.15) is 5.10 Å². The summed E-state index contributed by atoms with van der Waals surface area (Å²) in [6, 6.07) is 8.03. The Labute approximate surface area is 130 Å². The molecule has 0 saturated carbocycles. The number of nitro groups is 2. The van der Waals surface area contributed by atoms with Crippen molar-refractivity contribution in [3.05, 3.63) is 44.5 Å². The lowest BCUT2D eigenvalue weighted by Crippen LogP contribution is -2.57. The van der Waals surface area contributed by atoms with Crippen LogP contribution in [0.5, 0.6) is 0 Å². The molecular formula is C12H13N7O4. The van der Waals surface area contributed by atoms with Crippen molar-refractivity contribution < 1.29 is 9.96 Å². The molecule has 0 spiro atoms. The van der Waals surface area contributed by atoms with Crippen molar-refractivity contribution in [2.24, 2.45) is 5.10 Å².